The summed E-state index contributed by atoms with van der Waals surface area (Å²) in [6.07, 6.45) is -0.119. The van der Waals surface area contributed by atoms with Crippen molar-refractivity contribution in [1.29, 1.82) is 0 Å². The van der Waals surface area contributed by atoms with Gasteiger partial charge in [-0.3, -0.25) is 9.59 Å². The Morgan fingerprint density at radius 3 is 2.36 bits per heavy atom. The van der Waals surface area contributed by atoms with Crippen LogP contribution < -0.4 is 0 Å². The molecule has 1 aliphatic heterocycles. The van der Waals surface area contributed by atoms with Gasteiger partial charge in [-0.25, -0.2) is 0 Å². The Morgan fingerprint density at radius 2 is 1.72 bits per heavy atom. The van der Waals surface area contributed by atoms with Gasteiger partial charge in [0.25, 0.3) is 5.91 Å². The number of carbonyl (C=O) groups excluding carboxylic acids is 2. The minimum absolute atomic E-state index is 0.0986. The second kappa shape index (κ2) is 7.49. The van der Waals surface area contributed by atoms with Gasteiger partial charge in [-0.1, -0.05) is 42.5 Å². The van der Waals surface area contributed by atoms with Crippen molar-refractivity contribution >= 4 is 11.9 Å². The maximum absolute atomic E-state index is 12.8. The highest BCUT2D eigenvalue weighted by atomic mass is 16.5. The van der Waals surface area contributed by atoms with E-state index in [4.69, 9.17) is 0 Å². The zero-order valence-electron chi connectivity index (χ0n) is 14.1. The molecule has 0 bridgehead atoms. The number of amides is 1. The number of carbonyl (C=O) groups is 2. The lowest BCUT2D eigenvalue weighted by Crippen LogP contribution is -2.37. The second-order valence-electron chi connectivity index (χ2n) is 6.22. The standard InChI is InChI=1S/C20H21NO4/c1-25-19(23)12-17-11-18(22)13-21(17)20(24)16-9-7-15(8-10-16)14-5-3-2-4-6-14/h2-10,17-18,22H,11-13H2,1H3/t17-,18+/m0/s1. The fourth-order valence-electron chi connectivity index (χ4n) is 3.21. The highest BCUT2D eigenvalue weighted by Gasteiger charge is 2.36. The van der Waals surface area contributed by atoms with Gasteiger partial charge in [0.1, 0.15) is 0 Å². The van der Waals surface area contributed by atoms with E-state index in [1.165, 1.54) is 7.11 Å². The summed E-state index contributed by atoms with van der Waals surface area (Å²) in [4.78, 5) is 25.9. The van der Waals surface area contributed by atoms with Crippen molar-refractivity contribution < 1.29 is 19.4 Å². The zero-order chi connectivity index (χ0) is 17.8. The molecule has 0 radical (unpaired) electrons. The molecule has 3 rings (SSSR count). The average Bonchev–Trinajstić information content (AvgIpc) is 3.02. The Labute approximate surface area is 146 Å². The van der Waals surface area contributed by atoms with Crippen LogP contribution in [0.3, 0.4) is 0 Å². The van der Waals surface area contributed by atoms with Gasteiger partial charge in [-0.05, 0) is 29.7 Å². The van der Waals surface area contributed by atoms with Crippen molar-refractivity contribution in [3.63, 3.8) is 0 Å². The van der Waals surface area contributed by atoms with E-state index in [0.717, 1.165) is 11.1 Å². The molecule has 1 aliphatic rings. The zero-order valence-corrected chi connectivity index (χ0v) is 14.1. The molecule has 5 heteroatoms. The van der Waals surface area contributed by atoms with Gasteiger partial charge in [-0.2, -0.15) is 0 Å². The fraction of sp³-hybridized carbons (Fsp3) is 0.300. The summed E-state index contributed by atoms with van der Waals surface area (Å²) in [5.41, 5.74) is 2.66. The van der Waals surface area contributed by atoms with Crippen LogP contribution in [-0.2, 0) is 9.53 Å². The first-order chi connectivity index (χ1) is 12.1. The first-order valence-electron chi connectivity index (χ1n) is 8.30. The average molecular weight is 339 g/mol. The number of hydrogen-bond donors (Lipinski definition) is 1. The number of esters is 1. The van der Waals surface area contributed by atoms with Gasteiger partial charge in [0.05, 0.1) is 19.6 Å². The molecule has 5 nitrogen and oxygen atoms in total. The molecule has 0 unspecified atom stereocenters. The van der Waals surface area contributed by atoms with Crippen LogP contribution in [0.2, 0.25) is 0 Å². The van der Waals surface area contributed by atoms with Gasteiger partial charge in [0.2, 0.25) is 0 Å². The van der Waals surface area contributed by atoms with Crippen LogP contribution in [0.5, 0.6) is 0 Å². The first kappa shape index (κ1) is 17.2. The Bertz CT molecular complexity index is 742. The predicted molar refractivity (Wildman–Crippen MR) is 94.0 cm³/mol. The number of ether oxygens (including phenoxy) is 1. The minimum atomic E-state index is -0.609. The van der Waals surface area contributed by atoms with E-state index in [1.807, 2.05) is 42.5 Å². The summed E-state index contributed by atoms with van der Waals surface area (Å²) in [5, 5.41) is 9.90. The molecule has 0 aromatic heterocycles. The molecule has 1 fully saturated rings. The fourth-order valence-corrected chi connectivity index (χ4v) is 3.21. The maximum Gasteiger partial charge on any atom is 0.307 e. The van der Waals surface area contributed by atoms with Crippen molar-refractivity contribution in [1.82, 2.24) is 4.90 Å². The van der Waals surface area contributed by atoms with Crippen molar-refractivity contribution in [3.8, 4) is 11.1 Å². The molecule has 2 aromatic rings. The molecular formula is C20H21NO4. The van der Waals surface area contributed by atoms with Crippen molar-refractivity contribution in [2.45, 2.75) is 25.0 Å². The molecule has 1 saturated heterocycles. The monoisotopic (exact) mass is 339 g/mol. The van der Waals surface area contributed by atoms with E-state index in [-0.39, 0.29) is 30.9 Å². The van der Waals surface area contributed by atoms with Gasteiger partial charge in [0, 0.05) is 18.2 Å². The molecule has 1 N–H and O–H groups in total. The van der Waals surface area contributed by atoms with E-state index in [9.17, 15) is 14.7 Å². The summed E-state index contributed by atoms with van der Waals surface area (Å²) in [6.45, 7) is 0.237. The SMILES string of the molecule is COC(=O)C[C@@H]1C[C@@H](O)CN1C(=O)c1ccc(-c2ccccc2)cc1. The molecule has 0 aliphatic carbocycles. The van der Waals surface area contributed by atoms with Crippen LogP contribution in [0.15, 0.2) is 54.6 Å². The smallest absolute Gasteiger partial charge is 0.307 e. The van der Waals surface area contributed by atoms with Crippen molar-refractivity contribution in [2.24, 2.45) is 0 Å². The predicted octanol–water partition coefficient (Wildman–Crippen LogP) is 2.49. The lowest BCUT2D eigenvalue weighted by atomic mass is 10.0. The minimum Gasteiger partial charge on any atom is -0.469 e. The van der Waals surface area contributed by atoms with Crippen LogP contribution in [0.4, 0.5) is 0 Å². The third-order valence-corrected chi connectivity index (χ3v) is 4.52. The number of aliphatic hydroxyl groups is 1. The summed E-state index contributed by atoms with van der Waals surface area (Å²) >= 11 is 0. The van der Waals surface area contributed by atoms with Crippen molar-refractivity contribution in [3.05, 3.63) is 60.2 Å². The highest BCUT2D eigenvalue weighted by molar-refractivity contribution is 5.95. The molecule has 0 saturated carbocycles. The number of likely N-dealkylation sites (tertiary alicyclic amines) is 1. The van der Waals surface area contributed by atoms with E-state index in [0.29, 0.717) is 12.0 Å². The number of benzene rings is 2. The summed E-state index contributed by atoms with van der Waals surface area (Å²) in [6, 6.07) is 17.0. The Hall–Kier alpha value is -2.66. The largest absolute Gasteiger partial charge is 0.469 e. The van der Waals surface area contributed by atoms with E-state index >= 15 is 0 Å². The van der Waals surface area contributed by atoms with Crippen LogP contribution in [0.25, 0.3) is 11.1 Å². The topological polar surface area (TPSA) is 66.8 Å². The Balaban J connectivity index is 1.76. The number of methoxy groups -OCH3 is 1. The summed E-state index contributed by atoms with van der Waals surface area (Å²) in [7, 11) is 1.32. The van der Waals surface area contributed by atoms with E-state index in [2.05, 4.69) is 4.74 Å². The normalized spacial score (nSPS) is 19.7. The lowest BCUT2D eigenvalue weighted by molar-refractivity contribution is -0.141. The van der Waals surface area contributed by atoms with E-state index in [1.54, 1.807) is 17.0 Å². The summed E-state index contributed by atoms with van der Waals surface area (Å²) in [5.74, 6) is -0.554. The Kier molecular flexibility index (Phi) is 5.14. The molecule has 25 heavy (non-hydrogen) atoms. The summed E-state index contributed by atoms with van der Waals surface area (Å²) < 4.78 is 4.69. The molecule has 0 spiro atoms. The molecular weight excluding hydrogens is 318 g/mol. The number of hydrogen-bond acceptors (Lipinski definition) is 4. The van der Waals surface area contributed by atoms with Crippen LogP contribution in [0.1, 0.15) is 23.2 Å². The third-order valence-electron chi connectivity index (χ3n) is 4.52. The molecule has 2 aromatic carbocycles. The van der Waals surface area contributed by atoms with Crippen LogP contribution in [0, 0.1) is 0 Å². The maximum atomic E-state index is 12.8. The lowest BCUT2D eigenvalue weighted by Gasteiger charge is -2.23. The first-order valence-corrected chi connectivity index (χ1v) is 8.30. The van der Waals surface area contributed by atoms with Gasteiger partial charge < -0.3 is 14.7 Å². The Morgan fingerprint density at radius 1 is 1.08 bits per heavy atom. The van der Waals surface area contributed by atoms with Gasteiger partial charge in [-0.15, -0.1) is 0 Å². The van der Waals surface area contributed by atoms with Crippen LogP contribution >= 0.6 is 0 Å². The highest BCUT2D eigenvalue weighted by Crippen LogP contribution is 2.25. The number of β-amino-alcohol motifs (C(OH)–C–C–N with tert-alkyl or cyclic N) is 1. The quantitative estimate of drug-likeness (QED) is 0.869. The van der Waals surface area contributed by atoms with Gasteiger partial charge >= 0.3 is 5.97 Å². The molecule has 1 amide bonds. The number of aliphatic hydroxyl groups excluding tert-OH is 1. The molecule has 1 heterocycles. The second-order valence-corrected chi connectivity index (χ2v) is 6.22. The van der Waals surface area contributed by atoms with Crippen LogP contribution in [-0.4, -0.2) is 47.7 Å². The van der Waals surface area contributed by atoms with Gasteiger partial charge in [0.15, 0.2) is 0 Å². The number of rotatable bonds is 4. The number of nitrogens with zero attached hydrogens (tertiary/aromatic N) is 1. The molecule has 2 atom stereocenters. The van der Waals surface area contributed by atoms with E-state index < -0.39 is 6.10 Å². The third kappa shape index (κ3) is 3.88. The van der Waals surface area contributed by atoms with Crippen molar-refractivity contribution in [2.75, 3.05) is 13.7 Å². The molecule has 130 valence electrons.